The molecule has 1 aliphatic rings. The third kappa shape index (κ3) is 2.08. The Morgan fingerprint density at radius 3 is 3.50 bits per heavy atom. The van der Waals surface area contributed by atoms with E-state index in [-0.39, 0.29) is 15.2 Å². The molecule has 1 fully saturated rings. The summed E-state index contributed by atoms with van der Waals surface area (Å²) in [5, 5.41) is 0. The summed E-state index contributed by atoms with van der Waals surface area (Å²) in [5.74, 6) is 0. The van der Waals surface area contributed by atoms with Crippen LogP contribution >= 0.6 is 15.9 Å². The van der Waals surface area contributed by atoms with Crippen molar-refractivity contribution < 1.29 is 16.4 Å². The summed E-state index contributed by atoms with van der Waals surface area (Å²) < 4.78 is 95.7. The smallest absolute Gasteiger partial charge is 0.108 e. The fourth-order valence-corrected chi connectivity index (χ4v) is 1.36. The first kappa shape index (κ1) is 2.97. The first-order valence-electron chi connectivity index (χ1n) is 9.79. The molecule has 3 heteroatoms. The van der Waals surface area contributed by atoms with Crippen molar-refractivity contribution >= 4 is 21.6 Å². The molecule has 2 rings (SSSR count). The average Bonchev–Trinajstić information content (AvgIpc) is 2.44. The molecular formula is C11H15BrN2. The van der Waals surface area contributed by atoms with Gasteiger partial charge in [-0.1, -0.05) is 0 Å². The molecule has 0 N–H and O–H groups in total. The molecule has 0 bridgehead atoms. The number of anilines is 1. The Bertz CT molecular complexity index is 717. The molecule has 1 unspecified atom stereocenters. The normalized spacial score (nSPS) is 55.6. The lowest BCUT2D eigenvalue weighted by Crippen LogP contribution is -2.37. The Hall–Kier alpha value is -0.570. The molecule has 76 valence electrons. The van der Waals surface area contributed by atoms with Crippen LogP contribution in [0.2, 0.25) is 0 Å². The highest BCUT2D eigenvalue weighted by molar-refractivity contribution is 9.10. The van der Waals surface area contributed by atoms with Crippen LogP contribution in [-0.2, 0) is 0 Å². The number of nitrogens with zero attached hydrogens (tertiary/aromatic N) is 2. The molecule has 0 radical (unpaired) electrons. The number of piperidine rings is 1. The van der Waals surface area contributed by atoms with Gasteiger partial charge >= 0.3 is 0 Å². The van der Waals surface area contributed by atoms with Crippen LogP contribution in [-0.4, -0.2) is 17.5 Å². The van der Waals surface area contributed by atoms with Gasteiger partial charge in [-0.25, -0.2) is 4.98 Å². The zero-order valence-corrected chi connectivity index (χ0v) is 8.59. The highest BCUT2D eigenvalue weighted by Crippen LogP contribution is 2.25. The predicted octanol–water partition coefficient (Wildman–Crippen LogP) is 3.22. The molecule has 14 heavy (non-hydrogen) atoms. The maximum Gasteiger partial charge on any atom is 0.108 e. The van der Waals surface area contributed by atoms with Gasteiger partial charge < -0.3 is 4.90 Å². The van der Waals surface area contributed by atoms with E-state index >= 15 is 0 Å². The number of hydrogen-bond donors (Lipinski definition) is 0. The van der Waals surface area contributed by atoms with E-state index in [0.717, 1.165) is 18.3 Å². The summed E-state index contributed by atoms with van der Waals surface area (Å²) in [6.45, 7) is -6.90. The molecule has 0 aromatic carbocycles. The van der Waals surface area contributed by atoms with Gasteiger partial charge in [-0.2, -0.15) is 0 Å². The second kappa shape index (κ2) is 4.30. The Kier molecular flexibility index (Phi) is 0.913. The topological polar surface area (TPSA) is 16.1 Å². The molecule has 0 aliphatic carbocycles. The van der Waals surface area contributed by atoms with Crippen molar-refractivity contribution in [2.45, 2.75) is 32.0 Å². The van der Waals surface area contributed by atoms with Crippen LogP contribution in [0, 0.1) is 0 Å². The first-order valence-corrected chi connectivity index (χ1v) is 4.58. The molecule has 1 aromatic rings. The quantitative estimate of drug-likeness (QED) is 0.726. The van der Waals surface area contributed by atoms with E-state index in [1.165, 1.54) is 0 Å². The predicted molar refractivity (Wildman–Crippen MR) is 62.6 cm³/mol. The summed E-state index contributed by atoms with van der Waals surface area (Å²) >= 11 is 3.01. The zero-order valence-electron chi connectivity index (χ0n) is 19.0. The highest BCUT2D eigenvalue weighted by atomic mass is 79.9. The van der Waals surface area contributed by atoms with E-state index < -0.39 is 38.5 Å². The van der Waals surface area contributed by atoms with E-state index in [4.69, 9.17) is 16.4 Å². The van der Waals surface area contributed by atoms with Gasteiger partial charge in [0.1, 0.15) is 4.60 Å². The van der Waals surface area contributed by atoms with Gasteiger partial charge in [0.15, 0.2) is 0 Å². The van der Waals surface area contributed by atoms with E-state index in [9.17, 15) is 0 Å². The standard InChI is InChI=1S/C11H15BrN2/c1-9-4-2-3-7-14(9)10-5-6-13-11(12)8-10/h5-6,8-9H,2-4,7H2,1H3/i1D3,2D2,3D2,4D2,7D2,9D. The lowest BCUT2D eigenvalue weighted by atomic mass is 10.0. The van der Waals surface area contributed by atoms with Crippen molar-refractivity contribution in [1.29, 1.82) is 0 Å². The monoisotopic (exact) mass is 266 g/mol. The first-order chi connectivity index (χ1) is 11.4. The van der Waals surface area contributed by atoms with Gasteiger partial charge in [0.25, 0.3) is 0 Å². The number of hydrogen-bond acceptors (Lipinski definition) is 2. The number of halogens is 1. The van der Waals surface area contributed by atoms with Crippen molar-refractivity contribution in [3.8, 4) is 0 Å². The minimum absolute atomic E-state index is 0.119. The summed E-state index contributed by atoms with van der Waals surface area (Å²) in [7, 11) is 0. The maximum absolute atomic E-state index is 8.43. The molecule has 2 heterocycles. The lowest BCUT2D eigenvalue weighted by Gasteiger charge is -2.35. The number of rotatable bonds is 1. The second-order valence-corrected chi connectivity index (χ2v) is 3.32. The number of aromatic nitrogens is 1. The molecule has 2 nitrogen and oxygen atoms in total. The van der Waals surface area contributed by atoms with Crippen molar-refractivity contribution in [2.75, 3.05) is 11.4 Å². The van der Waals surface area contributed by atoms with E-state index in [0.29, 0.717) is 0 Å². The summed E-state index contributed by atoms with van der Waals surface area (Å²) in [6.07, 6.45) is -9.59. The summed E-state index contributed by atoms with van der Waals surface area (Å²) in [6, 6.07) is -1.26. The van der Waals surface area contributed by atoms with Crippen LogP contribution in [0.1, 0.15) is 42.4 Å². The largest absolute Gasteiger partial charge is 0.369 e. The lowest BCUT2D eigenvalue weighted by molar-refractivity contribution is 0.484. The molecule has 0 spiro atoms. The molecule has 1 aromatic heterocycles. The van der Waals surface area contributed by atoms with Crippen LogP contribution < -0.4 is 4.90 Å². The molecule has 1 saturated heterocycles. The van der Waals surface area contributed by atoms with Gasteiger partial charge in [-0.3, -0.25) is 0 Å². The van der Waals surface area contributed by atoms with Gasteiger partial charge in [-0.15, -0.1) is 0 Å². The molecule has 0 saturated carbocycles. The Balaban J connectivity index is 2.97. The van der Waals surface area contributed by atoms with Crippen molar-refractivity contribution in [2.24, 2.45) is 0 Å². The Labute approximate surface area is 110 Å². The highest BCUT2D eigenvalue weighted by Gasteiger charge is 2.18. The average molecular weight is 267 g/mol. The van der Waals surface area contributed by atoms with E-state index in [1.807, 2.05) is 0 Å². The fourth-order valence-electron chi connectivity index (χ4n) is 1.01. The van der Waals surface area contributed by atoms with Crippen LogP contribution in [0.3, 0.4) is 0 Å². The minimum atomic E-state index is -3.62. The fraction of sp³-hybridized carbons (Fsp3) is 0.545. The third-order valence-corrected chi connectivity index (χ3v) is 2.04. The molecular weight excluding hydrogens is 240 g/mol. The van der Waals surface area contributed by atoms with Crippen molar-refractivity contribution in [3.63, 3.8) is 0 Å². The van der Waals surface area contributed by atoms with Crippen molar-refractivity contribution in [3.05, 3.63) is 22.9 Å². The molecule has 1 aliphatic heterocycles. The van der Waals surface area contributed by atoms with Gasteiger partial charge in [0.2, 0.25) is 0 Å². The van der Waals surface area contributed by atoms with Crippen LogP contribution in [0.5, 0.6) is 0 Å². The van der Waals surface area contributed by atoms with Crippen LogP contribution in [0.15, 0.2) is 22.9 Å². The Morgan fingerprint density at radius 2 is 2.71 bits per heavy atom. The molecule has 0 amide bonds. The minimum Gasteiger partial charge on any atom is -0.369 e. The maximum atomic E-state index is 8.43. The van der Waals surface area contributed by atoms with Crippen molar-refractivity contribution in [1.82, 2.24) is 4.98 Å². The van der Waals surface area contributed by atoms with Crippen LogP contribution in [0.25, 0.3) is 0 Å². The van der Waals surface area contributed by atoms with Gasteiger partial charge in [0.05, 0.1) is 1.37 Å². The summed E-state index contributed by atoms with van der Waals surface area (Å²) in [4.78, 5) is 3.95. The second-order valence-electron chi connectivity index (χ2n) is 2.51. The van der Waals surface area contributed by atoms with E-state index in [2.05, 4.69) is 20.9 Å². The number of pyridine rings is 1. The molecule has 1 atom stereocenters. The zero-order chi connectivity index (χ0) is 20.6. The van der Waals surface area contributed by atoms with Gasteiger partial charge in [-0.05, 0) is 54.0 Å². The van der Waals surface area contributed by atoms with Crippen LogP contribution in [0.4, 0.5) is 5.69 Å². The summed E-state index contributed by atoms with van der Waals surface area (Å²) in [5.41, 5.74) is -0.328. The SMILES string of the molecule is [2H]C([2H])([2H])C1([2H])N(c2ccnc(Br)c2)C([2H])([2H])C([2H])([2H])C([2H])([2H])C1([2H])[2H]. The van der Waals surface area contributed by atoms with E-state index in [1.54, 1.807) is 0 Å². The Morgan fingerprint density at radius 1 is 1.79 bits per heavy atom. The third-order valence-electron chi connectivity index (χ3n) is 1.60. The van der Waals surface area contributed by atoms with Gasteiger partial charge in [0, 0.05) is 39.5 Å².